The summed E-state index contributed by atoms with van der Waals surface area (Å²) < 4.78 is 0. The van der Waals surface area contributed by atoms with Gasteiger partial charge in [0.25, 0.3) is 0 Å². The van der Waals surface area contributed by atoms with E-state index in [0.717, 1.165) is 0 Å². The first-order valence-electron chi connectivity index (χ1n) is 4.89. The van der Waals surface area contributed by atoms with Crippen molar-refractivity contribution in [3.8, 4) is 6.07 Å². The highest BCUT2D eigenvalue weighted by Crippen LogP contribution is 1.81. The Labute approximate surface area is 105 Å². The number of hydrogen-bond donors (Lipinski definition) is 3. The Morgan fingerprint density at radius 1 is 1.11 bits per heavy atom. The topological polar surface area (TPSA) is 135 Å². The lowest BCUT2D eigenvalue weighted by Crippen LogP contribution is -2.33. The van der Waals surface area contributed by atoms with Gasteiger partial charge in [0.15, 0.2) is 11.6 Å². The molecule has 8 heteroatoms. The Balaban J connectivity index is 0. The molecule has 0 radical (unpaired) electrons. The highest BCUT2D eigenvalue weighted by Gasteiger charge is 2.09. The first kappa shape index (κ1) is 18.1. The van der Waals surface area contributed by atoms with E-state index in [-0.39, 0.29) is 36.1 Å². The molecule has 100 valence electrons. The van der Waals surface area contributed by atoms with Gasteiger partial charge in [0.1, 0.15) is 11.4 Å². The third kappa shape index (κ3) is 8.99. The fraction of sp³-hybridized carbons (Fsp3) is 0.500. The number of ketones is 2. The van der Waals surface area contributed by atoms with Gasteiger partial charge in [0.05, 0.1) is 6.07 Å². The van der Waals surface area contributed by atoms with Crippen molar-refractivity contribution in [1.82, 2.24) is 5.32 Å². The summed E-state index contributed by atoms with van der Waals surface area (Å²) in [5.41, 5.74) is -0.119. The van der Waals surface area contributed by atoms with Gasteiger partial charge in [-0.1, -0.05) is 10.3 Å². The molecular formula is C10H16N4O4. The highest BCUT2D eigenvalue weighted by atomic mass is 16.4. The number of oxime groups is 2. The molecular weight excluding hydrogens is 240 g/mol. The van der Waals surface area contributed by atoms with Crippen molar-refractivity contribution < 1.29 is 20.0 Å². The van der Waals surface area contributed by atoms with Crippen LogP contribution in [0.3, 0.4) is 0 Å². The van der Waals surface area contributed by atoms with Crippen LogP contribution < -0.4 is 5.32 Å². The van der Waals surface area contributed by atoms with Gasteiger partial charge >= 0.3 is 0 Å². The summed E-state index contributed by atoms with van der Waals surface area (Å²) in [6.45, 7) is 3.93. The molecule has 0 aliphatic carbocycles. The lowest BCUT2D eigenvalue weighted by atomic mass is 10.2. The minimum atomic E-state index is -0.379. The Hall–Kier alpha value is -2.27. The molecule has 0 heterocycles. The van der Waals surface area contributed by atoms with Crippen LogP contribution in [0.4, 0.5) is 0 Å². The maximum atomic E-state index is 10.8. The van der Waals surface area contributed by atoms with Crippen molar-refractivity contribution >= 4 is 23.0 Å². The monoisotopic (exact) mass is 256 g/mol. The lowest BCUT2D eigenvalue weighted by Gasteiger charge is -2.03. The van der Waals surface area contributed by atoms with E-state index < -0.39 is 0 Å². The van der Waals surface area contributed by atoms with Crippen LogP contribution in [0, 0.1) is 11.3 Å². The lowest BCUT2D eigenvalue weighted by molar-refractivity contribution is -0.112. The number of nitrogens with one attached hydrogen (secondary N) is 1. The summed E-state index contributed by atoms with van der Waals surface area (Å²) in [5.74, 6) is -0.759. The molecule has 3 N–H and O–H groups in total. The maximum absolute atomic E-state index is 10.8. The molecule has 0 aromatic rings. The Bertz CT molecular complexity index is 352. The second-order valence-corrected chi connectivity index (χ2v) is 3.03. The van der Waals surface area contributed by atoms with Crippen LogP contribution in [0.15, 0.2) is 10.3 Å². The highest BCUT2D eigenvalue weighted by molar-refractivity contribution is 6.40. The summed E-state index contributed by atoms with van der Waals surface area (Å²) >= 11 is 0. The maximum Gasteiger partial charge on any atom is 0.178 e. The number of nitriles is 1. The predicted octanol–water partition coefficient (Wildman–Crippen LogP) is -0.0557. The standard InChI is InChI=1S/C8H13N3O4.C2H3N/c1-5(12)7(10-14)3-9-4-8(11-15)6(2)13;1-2-3/h9,14-15H,3-4H2,1-2H3;1H3. The van der Waals surface area contributed by atoms with Crippen molar-refractivity contribution in [2.75, 3.05) is 13.1 Å². The summed E-state index contributed by atoms with van der Waals surface area (Å²) in [6, 6.07) is 1.75. The van der Waals surface area contributed by atoms with E-state index >= 15 is 0 Å². The molecule has 0 rings (SSSR count). The van der Waals surface area contributed by atoms with Crippen LogP contribution in [-0.2, 0) is 9.59 Å². The fourth-order valence-electron chi connectivity index (χ4n) is 0.760. The van der Waals surface area contributed by atoms with Crippen molar-refractivity contribution in [3.05, 3.63) is 0 Å². The Morgan fingerprint density at radius 3 is 1.56 bits per heavy atom. The van der Waals surface area contributed by atoms with Crippen LogP contribution in [0.5, 0.6) is 0 Å². The molecule has 0 aromatic heterocycles. The molecule has 0 spiro atoms. The Kier molecular flexibility index (Phi) is 11.3. The predicted molar refractivity (Wildman–Crippen MR) is 64.0 cm³/mol. The van der Waals surface area contributed by atoms with E-state index in [4.69, 9.17) is 15.7 Å². The summed E-state index contributed by atoms with van der Waals surface area (Å²) in [5, 5.41) is 32.3. The minimum Gasteiger partial charge on any atom is -0.411 e. The molecule has 0 aliphatic heterocycles. The van der Waals surface area contributed by atoms with Crippen molar-refractivity contribution in [1.29, 1.82) is 5.26 Å². The van der Waals surface area contributed by atoms with E-state index in [1.165, 1.54) is 20.8 Å². The average molecular weight is 256 g/mol. The first-order chi connectivity index (χ1) is 8.44. The summed E-state index contributed by atoms with van der Waals surface area (Å²) in [6.07, 6.45) is 0. The third-order valence-corrected chi connectivity index (χ3v) is 1.64. The smallest absolute Gasteiger partial charge is 0.178 e. The number of rotatable bonds is 6. The SMILES string of the molecule is CC#N.CC(=O)C(CNCC(=NO)C(C)=O)=NO. The van der Waals surface area contributed by atoms with Crippen LogP contribution in [-0.4, -0.2) is 46.5 Å². The molecule has 0 aromatic carbocycles. The zero-order valence-electron chi connectivity index (χ0n) is 10.5. The van der Waals surface area contributed by atoms with Crippen molar-refractivity contribution in [2.45, 2.75) is 20.8 Å². The fourth-order valence-corrected chi connectivity index (χ4v) is 0.760. The minimum absolute atomic E-state index is 0.00185. The molecule has 0 saturated carbocycles. The number of Topliss-reactive ketones (excluding diaryl/α,β-unsaturated/α-hetero) is 2. The molecule has 18 heavy (non-hydrogen) atoms. The van der Waals surface area contributed by atoms with Gasteiger partial charge in [-0.2, -0.15) is 5.26 Å². The van der Waals surface area contributed by atoms with E-state index in [9.17, 15) is 9.59 Å². The van der Waals surface area contributed by atoms with Gasteiger partial charge in [0.2, 0.25) is 0 Å². The zero-order chi connectivity index (χ0) is 14.6. The van der Waals surface area contributed by atoms with Crippen LogP contribution in [0.2, 0.25) is 0 Å². The van der Waals surface area contributed by atoms with Crippen LogP contribution in [0.25, 0.3) is 0 Å². The number of nitrogens with zero attached hydrogens (tertiary/aromatic N) is 3. The van der Waals surface area contributed by atoms with Gasteiger partial charge in [-0.25, -0.2) is 0 Å². The molecule has 0 amide bonds. The Morgan fingerprint density at radius 2 is 1.39 bits per heavy atom. The molecule has 0 unspecified atom stereocenters. The van der Waals surface area contributed by atoms with Crippen LogP contribution >= 0.6 is 0 Å². The van der Waals surface area contributed by atoms with E-state index in [0.29, 0.717) is 0 Å². The summed E-state index contributed by atoms with van der Waals surface area (Å²) in [7, 11) is 0. The zero-order valence-corrected chi connectivity index (χ0v) is 10.5. The van der Waals surface area contributed by atoms with Gasteiger partial charge < -0.3 is 15.7 Å². The second kappa shape index (κ2) is 11.2. The van der Waals surface area contributed by atoms with E-state index in [1.54, 1.807) is 6.07 Å². The van der Waals surface area contributed by atoms with Crippen molar-refractivity contribution in [3.63, 3.8) is 0 Å². The third-order valence-electron chi connectivity index (χ3n) is 1.64. The second-order valence-electron chi connectivity index (χ2n) is 3.03. The van der Waals surface area contributed by atoms with Gasteiger partial charge in [-0.3, -0.25) is 9.59 Å². The average Bonchev–Trinajstić information content (AvgIpc) is 2.29. The van der Waals surface area contributed by atoms with Crippen molar-refractivity contribution in [2.24, 2.45) is 10.3 Å². The van der Waals surface area contributed by atoms with Gasteiger partial charge in [-0.15, -0.1) is 0 Å². The van der Waals surface area contributed by atoms with Crippen LogP contribution in [0.1, 0.15) is 20.8 Å². The molecule has 0 fully saturated rings. The normalized spacial score (nSPS) is 11.0. The van der Waals surface area contributed by atoms with Gasteiger partial charge in [-0.05, 0) is 0 Å². The number of carbonyl (C=O) groups excluding carboxylic acids is 2. The molecule has 0 saturated heterocycles. The van der Waals surface area contributed by atoms with E-state index in [1.807, 2.05) is 0 Å². The first-order valence-corrected chi connectivity index (χ1v) is 4.89. The summed E-state index contributed by atoms with van der Waals surface area (Å²) in [4.78, 5) is 21.6. The number of carbonyl (C=O) groups is 2. The number of hydrogen-bond acceptors (Lipinski definition) is 8. The molecule has 8 nitrogen and oxygen atoms in total. The molecule has 0 bridgehead atoms. The molecule has 0 aliphatic rings. The van der Waals surface area contributed by atoms with Gasteiger partial charge in [0, 0.05) is 33.9 Å². The largest absolute Gasteiger partial charge is 0.411 e. The molecule has 0 atom stereocenters. The van der Waals surface area contributed by atoms with E-state index in [2.05, 4.69) is 15.6 Å². The quantitative estimate of drug-likeness (QED) is 0.346.